The number of hydrogen-bond acceptors (Lipinski definition) is 4. The summed E-state index contributed by atoms with van der Waals surface area (Å²) in [5, 5.41) is 12.2. The number of hydrogen-bond donors (Lipinski definition) is 2. The number of nitrogens with one attached hydrogen (secondary N) is 1. The maximum atomic E-state index is 12.5. The van der Waals surface area contributed by atoms with E-state index in [1.54, 1.807) is 0 Å². The molecule has 1 amide bonds. The van der Waals surface area contributed by atoms with Gasteiger partial charge in [0.2, 0.25) is 5.91 Å². The lowest BCUT2D eigenvalue weighted by Crippen LogP contribution is -2.39. The molecule has 2 atom stereocenters. The molecule has 2 aliphatic carbocycles. The summed E-state index contributed by atoms with van der Waals surface area (Å²) in [5.74, 6) is 0.920. The first-order valence-corrected chi connectivity index (χ1v) is 9.04. The second-order valence-electron chi connectivity index (χ2n) is 7.25. The lowest BCUT2D eigenvalue weighted by molar-refractivity contribution is -0.142. The van der Waals surface area contributed by atoms with Gasteiger partial charge in [0.15, 0.2) is 11.5 Å². The van der Waals surface area contributed by atoms with Gasteiger partial charge in [0, 0.05) is 12.0 Å². The topological polar surface area (TPSA) is 84.9 Å². The Bertz CT molecular complexity index is 680. The van der Waals surface area contributed by atoms with Gasteiger partial charge in [-0.15, -0.1) is 0 Å². The molecule has 3 aliphatic rings. The number of ether oxygens (including phenoxy) is 2. The van der Waals surface area contributed by atoms with Crippen molar-refractivity contribution in [1.82, 2.24) is 5.32 Å². The van der Waals surface area contributed by atoms with Gasteiger partial charge in [-0.25, -0.2) is 0 Å². The smallest absolute Gasteiger partial charge is 0.306 e. The molecule has 1 aliphatic heterocycles. The van der Waals surface area contributed by atoms with Crippen molar-refractivity contribution >= 4 is 11.9 Å². The molecule has 6 heteroatoms. The second-order valence-corrected chi connectivity index (χ2v) is 7.25. The third kappa shape index (κ3) is 3.43. The second kappa shape index (κ2) is 6.58. The summed E-state index contributed by atoms with van der Waals surface area (Å²) >= 11 is 0. The molecule has 2 saturated carbocycles. The highest BCUT2D eigenvalue weighted by molar-refractivity contribution is 5.83. The Labute approximate surface area is 146 Å². The number of fused-ring (bicyclic) bond motifs is 1. The lowest BCUT2D eigenvalue weighted by atomic mass is 9.86. The molecule has 134 valence electrons. The van der Waals surface area contributed by atoms with Gasteiger partial charge >= 0.3 is 5.97 Å². The third-order valence-electron chi connectivity index (χ3n) is 5.54. The highest BCUT2D eigenvalue weighted by Gasteiger charge is 2.45. The summed E-state index contributed by atoms with van der Waals surface area (Å²) < 4.78 is 11.1. The number of carbonyl (C=O) groups is 2. The third-order valence-corrected chi connectivity index (χ3v) is 5.54. The van der Waals surface area contributed by atoms with Crippen molar-refractivity contribution in [2.45, 2.75) is 44.1 Å². The first-order valence-electron chi connectivity index (χ1n) is 9.04. The highest BCUT2D eigenvalue weighted by Crippen LogP contribution is 2.49. The average Bonchev–Trinajstić information content (AvgIpc) is 3.43. The van der Waals surface area contributed by atoms with Gasteiger partial charge in [0.25, 0.3) is 0 Å². The Kier molecular flexibility index (Phi) is 4.27. The van der Waals surface area contributed by atoms with Gasteiger partial charge in [0.1, 0.15) is 13.2 Å². The van der Waals surface area contributed by atoms with E-state index >= 15 is 0 Å². The fourth-order valence-corrected chi connectivity index (χ4v) is 3.94. The number of benzene rings is 1. The number of carboxylic acid groups (broad SMARTS) is 1. The Morgan fingerprint density at radius 1 is 1.04 bits per heavy atom. The number of carbonyl (C=O) groups excluding carboxylic acids is 1. The number of carboxylic acids is 1. The first kappa shape index (κ1) is 16.2. The van der Waals surface area contributed by atoms with Gasteiger partial charge in [-0.3, -0.25) is 9.59 Å². The van der Waals surface area contributed by atoms with Crippen LogP contribution in [0.2, 0.25) is 0 Å². The number of amides is 1. The van der Waals surface area contributed by atoms with Crippen LogP contribution in [0.15, 0.2) is 18.2 Å². The number of rotatable bonds is 4. The van der Waals surface area contributed by atoms with E-state index in [9.17, 15) is 9.59 Å². The van der Waals surface area contributed by atoms with Crippen molar-refractivity contribution in [3.8, 4) is 11.5 Å². The van der Waals surface area contributed by atoms with Gasteiger partial charge in [-0.05, 0) is 55.7 Å². The normalized spacial score (nSPS) is 30.4. The largest absolute Gasteiger partial charge is 0.486 e. The van der Waals surface area contributed by atoms with Crippen molar-refractivity contribution in [1.29, 1.82) is 0 Å². The predicted octanol–water partition coefficient (Wildman–Crippen LogP) is 2.32. The zero-order valence-corrected chi connectivity index (χ0v) is 14.1. The average molecular weight is 345 g/mol. The Balaban J connectivity index is 1.31. The van der Waals surface area contributed by atoms with E-state index in [0.29, 0.717) is 26.1 Å². The predicted molar refractivity (Wildman–Crippen MR) is 89.8 cm³/mol. The lowest BCUT2D eigenvalue weighted by Gasteiger charge is -2.26. The Hall–Kier alpha value is -2.24. The summed E-state index contributed by atoms with van der Waals surface area (Å²) in [4.78, 5) is 23.5. The highest BCUT2D eigenvalue weighted by atomic mass is 16.6. The molecule has 25 heavy (non-hydrogen) atoms. The van der Waals surface area contributed by atoms with E-state index in [1.165, 1.54) is 0 Å². The fraction of sp³-hybridized carbons (Fsp3) is 0.579. The van der Waals surface area contributed by atoms with E-state index < -0.39 is 5.97 Å². The van der Waals surface area contributed by atoms with E-state index in [-0.39, 0.29) is 29.7 Å². The van der Waals surface area contributed by atoms with Crippen molar-refractivity contribution < 1.29 is 24.2 Å². The fourth-order valence-electron chi connectivity index (χ4n) is 3.94. The summed E-state index contributed by atoms with van der Waals surface area (Å²) in [7, 11) is 0. The summed E-state index contributed by atoms with van der Waals surface area (Å²) in [6.07, 6.45) is 3.66. The maximum absolute atomic E-state index is 12.5. The van der Waals surface area contributed by atoms with Crippen LogP contribution in [0.3, 0.4) is 0 Å². The molecule has 2 N–H and O–H groups in total. The minimum Gasteiger partial charge on any atom is -0.486 e. The zero-order chi connectivity index (χ0) is 17.4. The van der Waals surface area contributed by atoms with Crippen LogP contribution in [0.25, 0.3) is 0 Å². The van der Waals surface area contributed by atoms with Gasteiger partial charge in [0.05, 0.1) is 5.92 Å². The molecular formula is C19H23NO5. The van der Waals surface area contributed by atoms with Gasteiger partial charge in [-0.1, -0.05) is 6.07 Å². The van der Waals surface area contributed by atoms with Crippen molar-refractivity contribution in [3.63, 3.8) is 0 Å². The molecule has 4 rings (SSSR count). The number of aliphatic carboxylic acids is 1. The molecule has 0 saturated heterocycles. The molecule has 0 spiro atoms. The molecule has 0 bridgehead atoms. The molecule has 2 unspecified atom stereocenters. The van der Waals surface area contributed by atoms with E-state index in [0.717, 1.165) is 36.3 Å². The molecule has 1 aromatic rings. The zero-order valence-electron chi connectivity index (χ0n) is 14.1. The van der Waals surface area contributed by atoms with Gasteiger partial charge < -0.3 is 19.9 Å². The first-order chi connectivity index (χ1) is 12.1. The maximum Gasteiger partial charge on any atom is 0.306 e. The monoisotopic (exact) mass is 345 g/mol. The molecule has 6 nitrogen and oxygen atoms in total. The Morgan fingerprint density at radius 2 is 1.76 bits per heavy atom. The van der Waals surface area contributed by atoms with Crippen LogP contribution in [0.4, 0.5) is 0 Å². The SMILES string of the molecule is O=C(O)C1CCC(NC(=O)C2CC2c2ccc3c(c2)OCCO3)CC1. The van der Waals surface area contributed by atoms with Crippen LogP contribution in [0.1, 0.15) is 43.6 Å². The van der Waals surface area contributed by atoms with Crippen LogP contribution in [0, 0.1) is 11.8 Å². The minimum atomic E-state index is -0.717. The van der Waals surface area contributed by atoms with E-state index in [2.05, 4.69) is 5.32 Å². The molecule has 0 radical (unpaired) electrons. The molecule has 1 aromatic carbocycles. The summed E-state index contributed by atoms with van der Waals surface area (Å²) in [5.41, 5.74) is 1.12. The molecular weight excluding hydrogens is 322 g/mol. The Morgan fingerprint density at radius 3 is 2.48 bits per heavy atom. The van der Waals surface area contributed by atoms with Crippen LogP contribution in [0.5, 0.6) is 11.5 Å². The van der Waals surface area contributed by atoms with E-state index in [1.807, 2.05) is 18.2 Å². The summed E-state index contributed by atoms with van der Waals surface area (Å²) in [6, 6.07) is 6.04. The standard InChI is InChI=1S/C19H23NO5/c21-18(20-13-4-1-11(2-5-13)19(22)23)15-10-14(15)12-3-6-16-17(9-12)25-8-7-24-16/h3,6,9,11,13-15H,1-2,4-5,7-8,10H2,(H,20,21)(H,22,23). The van der Waals surface area contributed by atoms with Crippen molar-refractivity contribution in [2.75, 3.05) is 13.2 Å². The quantitative estimate of drug-likeness (QED) is 0.875. The summed E-state index contributed by atoms with van der Waals surface area (Å²) in [6.45, 7) is 1.13. The van der Waals surface area contributed by atoms with Crippen LogP contribution in [-0.4, -0.2) is 36.2 Å². The van der Waals surface area contributed by atoms with Gasteiger partial charge in [-0.2, -0.15) is 0 Å². The van der Waals surface area contributed by atoms with Crippen LogP contribution < -0.4 is 14.8 Å². The van der Waals surface area contributed by atoms with Crippen molar-refractivity contribution in [3.05, 3.63) is 23.8 Å². The van der Waals surface area contributed by atoms with Crippen LogP contribution >= 0.6 is 0 Å². The van der Waals surface area contributed by atoms with Crippen LogP contribution in [-0.2, 0) is 9.59 Å². The molecule has 0 aromatic heterocycles. The minimum absolute atomic E-state index is 0.0137. The molecule has 2 fully saturated rings. The molecule has 1 heterocycles. The van der Waals surface area contributed by atoms with Crippen molar-refractivity contribution in [2.24, 2.45) is 11.8 Å². The van der Waals surface area contributed by atoms with E-state index in [4.69, 9.17) is 14.6 Å².